The summed E-state index contributed by atoms with van der Waals surface area (Å²) < 4.78 is 32.8. The molecule has 30 heavy (non-hydrogen) atoms. The van der Waals surface area contributed by atoms with Gasteiger partial charge in [0, 0.05) is 35.6 Å². The van der Waals surface area contributed by atoms with E-state index in [4.69, 9.17) is 4.74 Å². The molecular formula is C20H20N4O4S2. The van der Waals surface area contributed by atoms with Gasteiger partial charge >= 0.3 is 0 Å². The van der Waals surface area contributed by atoms with Crippen LogP contribution in [0.25, 0.3) is 0 Å². The van der Waals surface area contributed by atoms with E-state index in [0.717, 1.165) is 16.9 Å². The molecule has 2 N–H and O–H groups in total. The quantitative estimate of drug-likeness (QED) is 0.581. The van der Waals surface area contributed by atoms with Crippen molar-refractivity contribution < 1.29 is 17.9 Å². The second-order valence-electron chi connectivity index (χ2n) is 6.61. The molecule has 0 fully saturated rings. The van der Waals surface area contributed by atoms with Crippen molar-refractivity contribution in [3.05, 3.63) is 59.6 Å². The van der Waals surface area contributed by atoms with E-state index in [2.05, 4.69) is 15.0 Å². The predicted octanol–water partition coefficient (Wildman–Crippen LogP) is 2.95. The standard InChI is InChI=1S/C20H20N4O4S2/c1-28-16-4-2-3-15(12-16)22-13-19(25)24-9-7-14-11-17(5-6-18(14)24)30(26,27)23-20-21-8-10-29-20/h2-6,8,10-12,22H,7,9,13H2,1H3,(H,21,23). The molecule has 0 unspecified atom stereocenters. The zero-order valence-electron chi connectivity index (χ0n) is 16.2. The Bertz CT molecular complexity index is 1160. The van der Waals surface area contributed by atoms with E-state index in [-0.39, 0.29) is 17.3 Å². The van der Waals surface area contributed by atoms with Crippen molar-refractivity contribution in [2.75, 3.05) is 35.1 Å². The molecule has 10 heteroatoms. The Morgan fingerprint density at radius 1 is 1.27 bits per heavy atom. The molecule has 1 aliphatic rings. The summed E-state index contributed by atoms with van der Waals surface area (Å²) in [4.78, 5) is 18.5. The molecule has 4 rings (SSSR count). The number of hydrogen-bond acceptors (Lipinski definition) is 7. The number of rotatable bonds is 7. The van der Waals surface area contributed by atoms with Crippen LogP contribution < -0.4 is 19.7 Å². The molecule has 0 aliphatic carbocycles. The lowest BCUT2D eigenvalue weighted by atomic mass is 10.2. The fourth-order valence-electron chi connectivity index (χ4n) is 3.26. The first-order chi connectivity index (χ1) is 14.5. The highest BCUT2D eigenvalue weighted by Gasteiger charge is 2.26. The number of anilines is 3. The molecule has 2 aromatic carbocycles. The summed E-state index contributed by atoms with van der Waals surface area (Å²) in [5.41, 5.74) is 2.35. The van der Waals surface area contributed by atoms with Gasteiger partial charge in [-0.2, -0.15) is 0 Å². The largest absolute Gasteiger partial charge is 0.497 e. The van der Waals surface area contributed by atoms with E-state index in [1.54, 1.807) is 29.5 Å². The van der Waals surface area contributed by atoms with Gasteiger partial charge in [-0.1, -0.05) is 6.07 Å². The van der Waals surface area contributed by atoms with Crippen LogP contribution in [0.2, 0.25) is 0 Å². The maximum Gasteiger partial charge on any atom is 0.263 e. The third-order valence-electron chi connectivity index (χ3n) is 4.73. The Balaban J connectivity index is 1.45. The summed E-state index contributed by atoms with van der Waals surface area (Å²) in [7, 11) is -2.14. The Kier molecular flexibility index (Phi) is 5.60. The minimum Gasteiger partial charge on any atom is -0.497 e. The van der Waals surface area contributed by atoms with Crippen molar-refractivity contribution in [2.45, 2.75) is 11.3 Å². The second kappa shape index (κ2) is 8.33. The molecule has 3 aromatic rings. The highest BCUT2D eigenvalue weighted by atomic mass is 32.2. The van der Waals surface area contributed by atoms with Crippen LogP contribution in [0.15, 0.2) is 58.9 Å². The van der Waals surface area contributed by atoms with Crippen molar-refractivity contribution in [3.63, 3.8) is 0 Å². The number of sulfonamides is 1. The topological polar surface area (TPSA) is 101 Å². The van der Waals surface area contributed by atoms with Crippen molar-refractivity contribution in [1.82, 2.24) is 4.98 Å². The fourth-order valence-corrected chi connectivity index (χ4v) is 5.10. The fraction of sp³-hybridized carbons (Fsp3) is 0.200. The highest BCUT2D eigenvalue weighted by molar-refractivity contribution is 7.93. The molecule has 0 atom stereocenters. The monoisotopic (exact) mass is 444 g/mol. The van der Waals surface area contributed by atoms with Gasteiger partial charge in [-0.25, -0.2) is 13.4 Å². The first-order valence-corrected chi connectivity index (χ1v) is 11.6. The van der Waals surface area contributed by atoms with Crippen LogP contribution in [-0.2, 0) is 21.2 Å². The van der Waals surface area contributed by atoms with E-state index in [1.807, 2.05) is 24.3 Å². The number of fused-ring (bicyclic) bond motifs is 1. The molecule has 0 bridgehead atoms. The molecule has 2 heterocycles. The smallest absolute Gasteiger partial charge is 0.263 e. The first-order valence-electron chi connectivity index (χ1n) is 9.20. The number of thiazole rings is 1. The van der Waals surface area contributed by atoms with Crippen molar-refractivity contribution in [2.24, 2.45) is 0 Å². The number of benzene rings is 2. The van der Waals surface area contributed by atoms with Crippen LogP contribution in [0.1, 0.15) is 5.56 Å². The molecule has 8 nitrogen and oxygen atoms in total. The third kappa shape index (κ3) is 4.24. The summed E-state index contributed by atoms with van der Waals surface area (Å²) in [5, 5.41) is 5.12. The van der Waals surface area contributed by atoms with E-state index in [0.29, 0.717) is 23.8 Å². The van der Waals surface area contributed by atoms with Crippen LogP contribution in [0.4, 0.5) is 16.5 Å². The van der Waals surface area contributed by atoms with Crippen LogP contribution in [0, 0.1) is 0 Å². The van der Waals surface area contributed by atoms with Gasteiger partial charge in [-0.05, 0) is 42.3 Å². The molecule has 1 aliphatic heterocycles. The van der Waals surface area contributed by atoms with Crippen molar-refractivity contribution in [3.8, 4) is 5.75 Å². The zero-order chi connectivity index (χ0) is 21.1. The summed E-state index contributed by atoms with van der Waals surface area (Å²) >= 11 is 1.21. The Morgan fingerprint density at radius 2 is 2.13 bits per heavy atom. The zero-order valence-corrected chi connectivity index (χ0v) is 17.8. The normalized spacial score (nSPS) is 13.0. The van der Waals surface area contributed by atoms with Gasteiger partial charge in [-0.3, -0.25) is 9.52 Å². The lowest BCUT2D eigenvalue weighted by Crippen LogP contribution is -2.34. The number of carbonyl (C=O) groups is 1. The van der Waals surface area contributed by atoms with Crippen LogP contribution in [0.3, 0.4) is 0 Å². The Morgan fingerprint density at radius 3 is 2.90 bits per heavy atom. The number of nitrogens with one attached hydrogen (secondary N) is 2. The molecule has 1 amide bonds. The summed E-state index contributed by atoms with van der Waals surface area (Å²) in [6.45, 7) is 0.635. The molecular weight excluding hydrogens is 424 g/mol. The van der Waals surface area contributed by atoms with Gasteiger partial charge in [0.05, 0.1) is 18.6 Å². The number of amides is 1. The Labute approximate surface area is 178 Å². The maximum absolute atomic E-state index is 12.7. The van der Waals surface area contributed by atoms with Crippen molar-refractivity contribution >= 4 is 43.8 Å². The molecule has 0 saturated carbocycles. The second-order valence-corrected chi connectivity index (χ2v) is 9.19. The third-order valence-corrected chi connectivity index (χ3v) is 6.88. The SMILES string of the molecule is COc1cccc(NCC(=O)N2CCc3cc(S(=O)(=O)Nc4nccs4)ccc32)c1. The molecule has 0 spiro atoms. The minimum absolute atomic E-state index is 0.0897. The van der Waals surface area contributed by atoms with Gasteiger partial charge in [0.25, 0.3) is 10.0 Å². The van der Waals surface area contributed by atoms with Gasteiger partial charge in [0.1, 0.15) is 5.75 Å². The predicted molar refractivity (Wildman–Crippen MR) is 117 cm³/mol. The number of nitrogens with zero attached hydrogens (tertiary/aromatic N) is 2. The van der Waals surface area contributed by atoms with E-state index in [9.17, 15) is 13.2 Å². The number of ether oxygens (including phenoxy) is 1. The molecule has 0 radical (unpaired) electrons. The number of hydrogen-bond donors (Lipinski definition) is 2. The van der Waals surface area contributed by atoms with E-state index >= 15 is 0 Å². The highest BCUT2D eigenvalue weighted by Crippen LogP contribution is 2.31. The van der Waals surface area contributed by atoms with Gasteiger partial charge in [0.15, 0.2) is 5.13 Å². The summed E-state index contributed by atoms with van der Waals surface area (Å²) in [5.74, 6) is 0.618. The molecule has 156 valence electrons. The lowest BCUT2D eigenvalue weighted by molar-refractivity contribution is -0.116. The first kappa shape index (κ1) is 20.2. The number of methoxy groups -OCH3 is 1. The maximum atomic E-state index is 12.7. The molecule has 1 aromatic heterocycles. The van der Waals surface area contributed by atoms with Crippen LogP contribution in [0.5, 0.6) is 5.75 Å². The number of carbonyl (C=O) groups excluding carboxylic acids is 1. The molecule has 0 saturated heterocycles. The average molecular weight is 445 g/mol. The summed E-state index contributed by atoms with van der Waals surface area (Å²) in [6, 6.07) is 12.2. The Hall–Kier alpha value is -3.11. The van der Waals surface area contributed by atoms with Gasteiger partial charge < -0.3 is 15.0 Å². The van der Waals surface area contributed by atoms with Crippen LogP contribution in [-0.4, -0.2) is 39.5 Å². The van der Waals surface area contributed by atoms with Gasteiger partial charge in [0.2, 0.25) is 5.91 Å². The van der Waals surface area contributed by atoms with Crippen molar-refractivity contribution in [1.29, 1.82) is 0 Å². The lowest BCUT2D eigenvalue weighted by Gasteiger charge is -2.18. The van der Waals surface area contributed by atoms with Gasteiger partial charge in [-0.15, -0.1) is 11.3 Å². The minimum atomic E-state index is -3.73. The van der Waals surface area contributed by atoms with E-state index in [1.165, 1.54) is 23.6 Å². The average Bonchev–Trinajstić information content (AvgIpc) is 3.41. The number of aromatic nitrogens is 1. The van der Waals surface area contributed by atoms with Crippen LogP contribution >= 0.6 is 11.3 Å². The summed E-state index contributed by atoms with van der Waals surface area (Å²) in [6.07, 6.45) is 2.13. The van der Waals surface area contributed by atoms with E-state index < -0.39 is 10.0 Å².